The Bertz CT molecular complexity index is 232. The first-order valence-corrected chi connectivity index (χ1v) is 5.34. The Morgan fingerprint density at radius 1 is 0.889 bits per heavy atom. The molecule has 0 amide bonds. The van der Waals surface area contributed by atoms with Crippen molar-refractivity contribution in [1.29, 1.82) is 0 Å². The van der Waals surface area contributed by atoms with Crippen LogP contribution in [-0.2, 0) is 9.59 Å². The standard InChI is InChI=1S/2C5H12N2O2/c2*1-7(2)3-4(6)5(8)9/h2*4H,3,6H2,1-2H3,(H,8,9)/t2*4-/m00/s1. The zero-order valence-electron chi connectivity index (χ0n) is 11.3. The van der Waals surface area contributed by atoms with Gasteiger partial charge in [-0.1, -0.05) is 0 Å². The minimum absolute atomic E-state index is 0.384. The van der Waals surface area contributed by atoms with Gasteiger partial charge in [-0.25, -0.2) is 0 Å². The maximum absolute atomic E-state index is 10.1. The number of nitrogens with two attached hydrogens (primary N) is 2. The fourth-order valence-electron chi connectivity index (χ4n) is 0.943. The number of rotatable bonds is 6. The van der Waals surface area contributed by atoms with Crippen molar-refractivity contribution in [2.45, 2.75) is 12.1 Å². The Morgan fingerprint density at radius 3 is 1.17 bits per heavy atom. The molecular formula is C10H24N4O4. The van der Waals surface area contributed by atoms with Gasteiger partial charge in [-0.3, -0.25) is 9.59 Å². The van der Waals surface area contributed by atoms with Gasteiger partial charge in [-0.2, -0.15) is 0 Å². The first-order valence-electron chi connectivity index (χ1n) is 5.34. The highest BCUT2D eigenvalue weighted by molar-refractivity contribution is 5.73. The number of aliphatic carboxylic acids is 2. The van der Waals surface area contributed by atoms with Gasteiger partial charge in [0, 0.05) is 13.1 Å². The van der Waals surface area contributed by atoms with Crippen molar-refractivity contribution in [3.63, 3.8) is 0 Å². The summed E-state index contributed by atoms with van der Waals surface area (Å²) in [6, 6.07) is -1.53. The SMILES string of the molecule is CN(C)C[C@H](N)C(=O)O.CN(C)C[C@H](N)C(=O)O. The largest absolute Gasteiger partial charge is 0.480 e. The molecule has 0 aliphatic carbocycles. The Morgan fingerprint density at radius 2 is 1.11 bits per heavy atom. The number of carboxylic acid groups (broad SMARTS) is 2. The van der Waals surface area contributed by atoms with Crippen LogP contribution in [0.15, 0.2) is 0 Å². The molecule has 2 atom stereocenters. The van der Waals surface area contributed by atoms with Gasteiger partial charge < -0.3 is 31.5 Å². The summed E-state index contributed by atoms with van der Waals surface area (Å²) >= 11 is 0. The van der Waals surface area contributed by atoms with Crippen LogP contribution in [0.2, 0.25) is 0 Å². The van der Waals surface area contributed by atoms with Crippen molar-refractivity contribution in [1.82, 2.24) is 9.80 Å². The molecule has 0 fully saturated rings. The summed E-state index contributed by atoms with van der Waals surface area (Å²) in [6.45, 7) is 0.769. The third-order valence-electron chi connectivity index (χ3n) is 1.76. The monoisotopic (exact) mass is 264 g/mol. The zero-order valence-corrected chi connectivity index (χ0v) is 11.3. The van der Waals surface area contributed by atoms with Gasteiger partial charge in [0.05, 0.1) is 0 Å². The highest BCUT2D eigenvalue weighted by Crippen LogP contribution is 1.81. The molecule has 0 spiro atoms. The summed E-state index contributed by atoms with van der Waals surface area (Å²) in [6.07, 6.45) is 0. The second-order valence-electron chi connectivity index (χ2n) is 4.41. The van der Waals surface area contributed by atoms with Crippen LogP contribution in [0.1, 0.15) is 0 Å². The van der Waals surface area contributed by atoms with E-state index in [1.807, 2.05) is 0 Å². The zero-order chi connectivity index (χ0) is 14.9. The number of likely N-dealkylation sites (N-methyl/N-ethyl adjacent to an activating group) is 2. The summed E-state index contributed by atoms with van der Waals surface area (Å²) in [5.41, 5.74) is 10.4. The van der Waals surface area contributed by atoms with Crippen LogP contribution in [0.5, 0.6) is 0 Å². The van der Waals surface area contributed by atoms with E-state index in [1.54, 1.807) is 38.0 Å². The molecule has 18 heavy (non-hydrogen) atoms. The predicted octanol–water partition coefficient (Wildman–Crippen LogP) is -2.08. The second kappa shape index (κ2) is 9.77. The summed E-state index contributed by atoms with van der Waals surface area (Å²) in [7, 11) is 7.12. The third-order valence-corrected chi connectivity index (χ3v) is 1.76. The number of nitrogens with zero attached hydrogens (tertiary/aromatic N) is 2. The number of carboxylic acids is 2. The summed E-state index contributed by atoms with van der Waals surface area (Å²) in [5.74, 6) is -1.91. The molecular weight excluding hydrogens is 240 g/mol. The van der Waals surface area contributed by atoms with Crippen molar-refractivity contribution in [3.8, 4) is 0 Å². The minimum Gasteiger partial charge on any atom is -0.480 e. The van der Waals surface area contributed by atoms with E-state index in [-0.39, 0.29) is 0 Å². The minimum atomic E-state index is -0.955. The van der Waals surface area contributed by atoms with E-state index in [0.29, 0.717) is 13.1 Å². The molecule has 6 N–H and O–H groups in total. The first kappa shape index (κ1) is 19.1. The Labute approximate surface area is 107 Å². The second-order valence-corrected chi connectivity index (χ2v) is 4.41. The predicted molar refractivity (Wildman–Crippen MR) is 68.3 cm³/mol. The number of carbonyl (C=O) groups is 2. The molecule has 0 aromatic heterocycles. The van der Waals surface area contributed by atoms with Crippen LogP contribution in [0.25, 0.3) is 0 Å². The van der Waals surface area contributed by atoms with E-state index in [1.165, 1.54) is 0 Å². The van der Waals surface area contributed by atoms with Crippen molar-refractivity contribution in [2.75, 3.05) is 41.3 Å². The summed E-state index contributed by atoms with van der Waals surface area (Å²) in [5, 5.41) is 16.6. The van der Waals surface area contributed by atoms with Gasteiger partial charge in [0.1, 0.15) is 12.1 Å². The lowest BCUT2D eigenvalue weighted by Crippen LogP contribution is -2.39. The lowest BCUT2D eigenvalue weighted by molar-refractivity contribution is -0.139. The van der Waals surface area contributed by atoms with E-state index in [4.69, 9.17) is 21.7 Å². The van der Waals surface area contributed by atoms with Gasteiger partial charge >= 0.3 is 11.9 Å². The van der Waals surface area contributed by atoms with E-state index in [2.05, 4.69) is 0 Å². The fraction of sp³-hybridized carbons (Fsp3) is 0.800. The normalized spacial score (nSPS) is 13.8. The average molecular weight is 264 g/mol. The van der Waals surface area contributed by atoms with Crippen LogP contribution >= 0.6 is 0 Å². The molecule has 108 valence electrons. The third kappa shape index (κ3) is 12.8. The van der Waals surface area contributed by atoms with Crippen molar-refractivity contribution >= 4 is 11.9 Å². The Hall–Kier alpha value is -1.22. The highest BCUT2D eigenvalue weighted by atomic mass is 16.4. The smallest absolute Gasteiger partial charge is 0.321 e. The van der Waals surface area contributed by atoms with Crippen LogP contribution in [0, 0.1) is 0 Å². The molecule has 0 saturated heterocycles. The van der Waals surface area contributed by atoms with Gasteiger partial charge in [0.25, 0.3) is 0 Å². The molecule has 8 heteroatoms. The van der Waals surface area contributed by atoms with E-state index in [0.717, 1.165) is 0 Å². The molecule has 0 aliphatic heterocycles. The maximum atomic E-state index is 10.1. The van der Waals surface area contributed by atoms with Gasteiger partial charge in [-0.05, 0) is 28.2 Å². The summed E-state index contributed by atoms with van der Waals surface area (Å²) in [4.78, 5) is 23.6. The maximum Gasteiger partial charge on any atom is 0.321 e. The van der Waals surface area contributed by atoms with Crippen LogP contribution in [0.4, 0.5) is 0 Å². The number of hydrogen-bond donors (Lipinski definition) is 4. The molecule has 0 bridgehead atoms. The average Bonchev–Trinajstić information content (AvgIpc) is 2.16. The molecule has 0 unspecified atom stereocenters. The molecule has 0 saturated carbocycles. The van der Waals surface area contributed by atoms with Crippen molar-refractivity contribution in [3.05, 3.63) is 0 Å². The van der Waals surface area contributed by atoms with Gasteiger partial charge in [0.2, 0.25) is 0 Å². The Kier molecular flexibility index (Phi) is 10.4. The molecule has 0 aliphatic rings. The van der Waals surface area contributed by atoms with E-state index < -0.39 is 24.0 Å². The topological polar surface area (TPSA) is 133 Å². The van der Waals surface area contributed by atoms with Gasteiger partial charge in [-0.15, -0.1) is 0 Å². The lowest BCUT2D eigenvalue weighted by Gasteiger charge is -2.11. The van der Waals surface area contributed by atoms with Crippen LogP contribution < -0.4 is 11.5 Å². The van der Waals surface area contributed by atoms with Crippen LogP contribution in [-0.4, -0.2) is 85.3 Å². The molecule has 0 rings (SSSR count). The van der Waals surface area contributed by atoms with Crippen molar-refractivity contribution in [2.24, 2.45) is 11.5 Å². The van der Waals surface area contributed by atoms with E-state index >= 15 is 0 Å². The van der Waals surface area contributed by atoms with Crippen molar-refractivity contribution < 1.29 is 19.8 Å². The first-order chi connectivity index (χ1) is 8.07. The molecule has 0 aromatic carbocycles. The lowest BCUT2D eigenvalue weighted by atomic mass is 10.3. The quantitative estimate of drug-likeness (QED) is 0.429. The van der Waals surface area contributed by atoms with Gasteiger partial charge in [0.15, 0.2) is 0 Å². The molecule has 0 radical (unpaired) electrons. The number of hydrogen-bond acceptors (Lipinski definition) is 6. The fourth-order valence-corrected chi connectivity index (χ4v) is 0.943. The summed E-state index contributed by atoms with van der Waals surface area (Å²) < 4.78 is 0. The Balaban J connectivity index is 0. The molecule has 8 nitrogen and oxygen atoms in total. The van der Waals surface area contributed by atoms with E-state index in [9.17, 15) is 9.59 Å². The highest BCUT2D eigenvalue weighted by Gasteiger charge is 2.11. The molecule has 0 heterocycles. The molecule has 0 aromatic rings. The van der Waals surface area contributed by atoms with Crippen LogP contribution in [0.3, 0.4) is 0 Å².